The number of nitrogen functional groups attached to an aromatic ring is 1. The smallest absolute Gasteiger partial charge is 0.326 e. The molecule has 31 heavy (non-hydrogen) atoms. The number of anilines is 1. The van der Waals surface area contributed by atoms with Gasteiger partial charge in [-0.3, -0.25) is 4.79 Å². The van der Waals surface area contributed by atoms with Crippen LogP contribution in [-0.4, -0.2) is 27.9 Å². The number of aromatic nitrogens is 1. The van der Waals surface area contributed by atoms with E-state index in [1.165, 1.54) is 0 Å². The molecule has 0 radical (unpaired) electrons. The lowest BCUT2D eigenvalue weighted by atomic mass is 9.83. The Bertz CT molecular complexity index is 1090. The average Bonchev–Trinajstić information content (AvgIpc) is 2.80. The zero-order chi connectivity index (χ0) is 21.8. The van der Waals surface area contributed by atoms with Gasteiger partial charge in [0.05, 0.1) is 18.0 Å². The minimum atomic E-state index is -0.839. The number of hydrogen-bond acceptors (Lipinski definition) is 5. The Morgan fingerprint density at radius 3 is 2.26 bits per heavy atom. The van der Waals surface area contributed by atoms with Gasteiger partial charge in [0.25, 0.3) is 0 Å². The third kappa shape index (κ3) is 4.09. The maximum atomic E-state index is 13.0. The van der Waals surface area contributed by atoms with Crippen molar-refractivity contribution in [2.45, 2.75) is 18.5 Å². The first-order valence-corrected chi connectivity index (χ1v) is 9.92. The lowest BCUT2D eigenvalue weighted by Crippen LogP contribution is -2.65. The molecule has 7 nitrogen and oxygen atoms in total. The highest BCUT2D eigenvalue weighted by molar-refractivity contribution is 6.02. The largest absolute Gasteiger partial charge is 0.384 e. The lowest BCUT2D eigenvalue weighted by Gasteiger charge is -2.42. The second-order valence-electron chi connectivity index (χ2n) is 7.39. The van der Waals surface area contributed by atoms with E-state index >= 15 is 0 Å². The van der Waals surface area contributed by atoms with E-state index in [2.05, 4.69) is 16.4 Å². The number of carbonyl (C=O) groups is 2. The Labute approximate surface area is 180 Å². The van der Waals surface area contributed by atoms with Gasteiger partial charge in [-0.1, -0.05) is 60.7 Å². The van der Waals surface area contributed by atoms with Gasteiger partial charge in [0.15, 0.2) is 0 Å². The molecule has 2 heterocycles. The van der Waals surface area contributed by atoms with Crippen LogP contribution in [0.3, 0.4) is 0 Å². The maximum Gasteiger partial charge on any atom is 0.326 e. The van der Waals surface area contributed by atoms with Crippen LogP contribution in [0.4, 0.5) is 10.6 Å². The Morgan fingerprint density at radius 1 is 1.10 bits per heavy atom. The van der Waals surface area contributed by atoms with E-state index in [1.54, 1.807) is 18.3 Å². The summed E-state index contributed by atoms with van der Waals surface area (Å²) in [5, 5.41) is 12.6. The SMILES string of the molecule is N#C[C@@H]1[C@@H](Cc2ccnc(N)c2)C(=O)N1C(=O)NC(c1ccccc1)c1ccccc1. The van der Waals surface area contributed by atoms with Gasteiger partial charge < -0.3 is 11.1 Å². The molecule has 2 atom stereocenters. The molecular weight excluding hydrogens is 390 g/mol. The highest BCUT2D eigenvalue weighted by Gasteiger charge is 2.51. The Balaban J connectivity index is 1.53. The summed E-state index contributed by atoms with van der Waals surface area (Å²) in [7, 11) is 0. The van der Waals surface area contributed by atoms with Crippen molar-refractivity contribution in [1.82, 2.24) is 15.2 Å². The standard InChI is InChI=1S/C24H21N5O2/c25-15-20-19(13-16-11-12-27-21(26)14-16)23(30)29(20)24(31)28-22(17-7-3-1-4-8-17)18-9-5-2-6-10-18/h1-12,14,19-20,22H,13H2,(H2,26,27)(H,28,31)/t19-,20-/m1/s1. The quantitative estimate of drug-likeness (QED) is 0.627. The molecular formula is C24H21N5O2. The van der Waals surface area contributed by atoms with E-state index in [1.807, 2.05) is 60.7 Å². The number of carbonyl (C=O) groups excluding carboxylic acids is 2. The van der Waals surface area contributed by atoms with Gasteiger partial charge >= 0.3 is 6.03 Å². The predicted molar refractivity (Wildman–Crippen MR) is 115 cm³/mol. The number of nitriles is 1. The molecule has 1 aliphatic heterocycles. The van der Waals surface area contributed by atoms with Crippen LogP contribution in [0, 0.1) is 17.2 Å². The number of hydrogen-bond donors (Lipinski definition) is 2. The van der Waals surface area contributed by atoms with Crippen LogP contribution >= 0.6 is 0 Å². The number of rotatable bonds is 5. The Hall–Kier alpha value is -4.18. The molecule has 0 unspecified atom stereocenters. The van der Waals surface area contributed by atoms with E-state index in [-0.39, 0.29) is 5.91 Å². The summed E-state index contributed by atoms with van der Waals surface area (Å²) >= 11 is 0. The number of β-lactam (4-membered cyclic amide) rings is 1. The van der Waals surface area contributed by atoms with Gasteiger partial charge in [-0.2, -0.15) is 5.26 Å². The summed E-state index contributed by atoms with van der Waals surface area (Å²) in [5.74, 6) is -0.621. The summed E-state index contributed by atoms with van der Waals surface area (Å²) in [6, 6.07) is 22.7. The van der Waals surface area contributed by atoms with Gasteiger partial charge in [0.1, 0.15) is 11.9 Å². The summed E-state index contributed by atoms with van der Waals surface area (Å²) < 4.78 is 0. The van der Waals surface area contributed by atoms with Crippen molar-refractivity contribution in [2.75, 3.05) is 5.73 Å². The summed E-state index contributed by atoms with van der Waals surface area (Å²) in [6.07, 6.45) is 1.89. The number of imide groups is 1. The second-order valence-corrected chi connectivity index (χ2v) is 7.39. The normalized spacial score (nSPS) is 17.7. The monoisotopic (exact) mass is 411 g/mol. The highest BCUT2D eigenvalue weighted by Crippen LogP contribution is 2.31. The van der Waals surface area contributed by atoms with Crippen molar-refractivity contribution in [3.8, 4) is 6.07 Å². The van der Waals surface area contributed by atoms with Crippen LogP contribution in [0.5, 0.6) is 0 Å². The molecule has 2 aromatic carbocycles. The first-order valence-electron chi connectivity index (χ1n) is 9.92. The van der Waals surface area contributed by atoms with Crippen molar-refractivity contribution >= 4 is 17.8 Å². The van der Waals surface area contributed by atoms with Crippen LogP contribution in [0.2, 0.25) is 0 Å². The molecule has 0 saturated carbocycles. The summed E-state index contributed by atoms with van der Waals surface area (Å²) in [5.41, 5.74) is 8.27. The molecule has 3 N–H and O–H groups in total. The molecule has 3 amide bonds. The van der Waals surface area contributed by atoms with Gasteiger partial charge in [0, 0.05) is 6.20 Å². The van der Waals surface area contributed by atoms with Gasteiger partial charge in [0.2, 0.25) is 5.91 Å². The van der Waals surface area contributed by atoms with Crippen molar-refractivity contribution < 1.29 is 9.59 Å². The Kier molecular flexibility index (Phi) is 5.63. The zero-order valence-electron chi connectivity index (χ0n) is 16.7. The summed E-state index contributed by atoms with van der Waals surface area (Å²) in [4.78, 5) is 30.8. The topological polar surface area (TPSA) is 112 Å². The van der Waals surface area contributed by atoms with Gasteiger partial charge in [-0.15, -0.1) is 0 Å². The Morgan fingerprint density at radius 2 is 1.71 bits per heavy atom. The first kappa shape index (κ1) is 20.1. The number of pyridine rings is 1. The molecule has 1 aliphatic rings. The van der Waals surface area contributed by atoms with Crippen LogP contribution < -0.4 is 11.1 Å². The maximum absolute atomic E-state index is 13.0. The van der Waals surface area contributed by atoms with E-state index in [9.17, 15) is 14.9 Å². The number of nitrogens with two attached hydrogens (primary N) is 1. The summed E-state index contributed by atoms with van der Waals surface area (Å²) in [6.45, 7) is 0. The number of nitrogens with one attached hydrogen (secondary N) is 1. The molecule has 0 aliphatic carbocycles. The number of urea groups is 1. The molecule has 1 aromatic heterocycles. The van der Waals surface area contributed by atoms with Gasteiger partial charge in [-0.05, 0) is 35.2 Å². The predicted octanol–water partition coefficient (Wildman–Crippen LogP) is 3.06. The zero-order valence-corrected chi connectivity index (χ0v) is 16.7. The van der Waals surface area contributed by atoms with Crippen LogP contribution in [0.1, 0.15) is 22.7 Å². The highest BCUT2D eigenvalue weighted by atomic mass is 16.2. The fourth-order valence-electron chi connectivity index (χ4n) is 3.84. The number of likely N-dealkylation sites (tertiary alicyclic amines) is 1. The van der Waals surface area contributed by atoms with E-state index in [0.29, 0.717) is 12.2 Å². The fourth-order valence-corrected chi connectivity index (χ4v) is 3.84. The van der Waals surface area contributed by atoms with Crippen molar-refractivity contribution in [3.05, 3.63) is 95.7 Å². The van der Waals surface area contributed by atoms with E-state index in [4.69, 9.17) is 5.73 Å². The van der Waals surface area contributed by atoms with Crippen molar-refractivity contribution in [3.63, 3.8) is 0 Å². The van der Waals surface area contributed by atoms with Crippen LogP contribution in [0.15, 0.2) is 79.0 Å². The molecule has 1 saturated heterocycles. The van der Waals surface area contributed by atoms with Crippen molar-refractivity contribution in [1.29, 1.82) is 5.26 Å². The molecule has 7 heteroatoms. The minimum Gasteiger partial charge on any atom is -0.384 e. The molecule has 0 spiro atoms. The van der Waals surface area contributed by atoms with E-state index < -0.39 is 24.0 Å². The van der Waals surface area contributed by atoms with Crippen molar-refractivity contribution in [2.24, 2.45) is 5.92 Å². The molecule has 0 bridgehead atoms. The molecule has 1 fully saturated rings. The number of amides is 3. The minimum absolute atomic E-state index is 0.328. The molecule has 3 aromatic rings. The van der Waals surface area contributed by atoms with E-state index in [0.717, 1.165) is 21.6 Å². The van der Waals surface area contributed by atoms with Crippen LogP contribution in [0.25, 0.3) is 0 Å². The second kappa shape index (κ2) is 8.67. The third-order valence-electron chi connectivity index (χ3n) is 5.40. The first-order chi connectivity index (χ1) is 15.1. The average molecular weight is 411 g/mol. The third-order valence-corrected chi connectivity index (χ3v) is 5.40. The number of nitrogens with zero attached hydrogens (tertiary/aromatic N) is 3. The molecule has 4 rings (SSSR count). The lowest BCUT2D eigenvalue weighted by molar-refractivity contribution is -0.146. The van der Waals surface area contributed by atoms with Gasteiger partial charge in [-0.25, -0.2) is 14.7 Å². The molecule has 154 valence electrons. The fraction of sp³-hybridized carbons (Fsp3) is 0.167. The number of benzene rings is 2. The van der Waals surface area contributed by atoms with Crippen LogP contribution in [-0.2, 0) is 11.2 Å².